The van der Waals surface area contributed by atoms with Gasteiger partial charge < -0.3 is 10.1 Å². The van der Waals surface area contributed by atoms with Gasteiger partial charge in [-0.3, -0.25) is 24.4 Å². The summed E-state index contributed by atoms with van der Waals surface area (Å²) in [6.07, 6.45) is 0.0000180. The average Bonchev–Trinajstić information content (AvgIpc) is 3.15. The molecule has 0 aromatic carbocycles. The fourth-order valence-corrected chi connectivity index (χ4v) is 3.22. The van der Waals surface area contributed by atoms with Crippen molar-refractivity contribution in [1.29, 1.82) is 0 Å². The summed E-state index contributed by atoms with van der Waals surface area (Å²) < 4.78 is 5.95. The number of amides is 1. The highest BCUT2D eigenvalue weighted by molar-refractivity contribution is 7.10. The molecule has 0 fully saturated rings. The van der Waals surface area contributed by atoms with Crippen molar-refractivity contribution in [3.8, 4) is 0 Å². The van der Waals surface area contributed by atoms with Crippen LogP contribution in [0.3, 0.4) is 0 Å². The Balaban J connectivity index is 2.13. The largest absolute Gasteiger partial charge is 0.469 e. The fourth-order valence-electron chi connectivity index (χ4n) is 2.44. The number of ether oxygens (including phenoxy) is 1. The van der Waals surface area contributed by atoms with Gasteiger partial charge in [0.15, 0.2) is 0 Å². The normalized spacial score (nSPS) is 11.8. The summed E-state index contributed by atoms with van der Waals surface area (Å²) in [5, 5.41) is 19.7. The summed E-state index contributed by atoms with van der Waals surface area (Å²) in [4.78, 5) is 35.2. The van der Waals surface area contributed by atoms with Crippen LogP contribution in [0.25, 0.3) is 0 Å². The van der Waals surface area contributed by atoms with Gasteiger partial charge in [-0.2, -0.15) is 5.10 Å². The Labute approximate surface area is 147 Å². The first-order valence-electron chi connectivity index (χ1n) is 7.41. The fraction of sp³-hybridized carbons (Fsp3) is 0.400. The minimum absolute atomic E-state index is 0.0000180. The monoisotopic (exact) mass is 366 g/mol. The summed E-state index contributed by atoms with van der Waals surface area (Å²) in [5.41, 5.74) is 0.454. The summed E-state index contributed by atoms with van der Waals surface area (Å²) in [6, 6.07) is 3.11. The number of methoxy groups -OCH3 is 1. The SMILES string of the molecule is COC(=O)CC(NC(=O)Cn1nc(C)c([N+](=O)[O-])c1C)c1cccs1. The van der Waals surface area contributed by atoms with E-state index in [1.54, 1.807) is 0 Å². The molecule has 0 saturated carbocycles. The number of nitro groups is 1. The standard InChI is InChI=1S/C15H18N4O5S/c1-9-15(19(22)23)10(2)18(17-9)8-13(20)16-11(7-14(21)24-3)12-5-4-6-25-12/h4-6,11H,7-8H2,1-3H3,(H,16,20). The lowest BCUT2D eigenvalue weighted by molar-refractivity contribution is -0.386. The molecule has 0 radical (unpaired) electrons. The Bertz CT molecular complexity index is 784. The average molecular weight is 366 g/mol. The van der Waals surface area contributed by atoms with E-state index in [4.69, 9.17) is 0 Å². The zero-order valence-electron chi connectivity index (χ0n) is 14.0. The van der Waals surface area contributed by atoms with Crippen LogP contribution in [0.15, 0.2) is 17.5 Å². The zero-order valence-corrected chi connectivity index (χ0v) is 14.8. The maximum Gasteiger partial charge on any atom is 0.312 e. The Morgan fingerprint density at radius 3 is 2.72 bits per heavy atom. The molecule has 10 heteroatoms. The highest BCUT2D eigenvalue weighted by atomic mass is 32.1. The third kappa shape index (κ3) is 4.41. The molecule has 0 spiro atoms. The van der Waals surface area contributed by atoms with Crippen LogP contribution < -0.4 is 5.32 Å². The van der Waals surface area contributed by atoms with Gasteiger partial charge in [0, 0.05) is 4.88 Å². The van der Waals surface area contributed by atoms with Crippen LogP contribution in [0.4, 0.5) is 5.69 Å². The number of nitrogens with one attached hydrogen (secondary N) is 1. The van der Waals surface area contributed by atoms with E-state index in [-0.39, 0.29) is 24.3 Å². The number of thiophene rings is 1. The molecule has 0 bridgehead atoms. The lowest BCUT2D eigenvalue weighted by Crippen LogP contribution is -2.33. The molecule has 0 saturated heterocycles. The molecule has 2 rings (SSSR count). The molecule has 1 amide bonds. The van der Waals surface area contributed by atoms with Crippen LogP contribution in [0.1, 0.15) is 28.7 Å². The Hall–Kier alpha value is -2.75. The van der Waals surface area contributed by atoms with Crippen LogP contribution in [-0.4, -0.2) is 33.7 Å². The molecule has 134 valence electrons. The van der Waals surface area contributed by atoms with Crippen LogP contribution in [0, 0.1) is 24.0 Å². The first-order valence-corrected chi connectivity index (χ1v) is 8.29. The quantitative estimate of drug-likeness (QED) is 0.454. The van der Waals surface area contributed by atoms with E-state index in [0.717, 1.165) is 4.88 Å². The predicted octanol–water partition coefficient (Wildman–Crippen LogP) is 1.89. The number of aryl methyl sites for hydroxylation is 1. The van der Waals surface area contributed by atoms with Gasteiger partial charge in [-0.1, -0.05) is 6.07 Å². The summed E-state index contributed by atoms with van der Waals surface area (Å²) in [7, 11) is 1.28. The van der Waals surface area contributed by atoms with Gasteiger partial charge in [0.1, 0.15) is 17.9 Å². The summed E-state index contributed by atoms with van der Waals surface area (Å²) in [5.74, 6) is -0.844. The van der Waals surface area contributed by atoms with E-state index >= 15 is 0 Å². The molecule has 2 heterocycles. The van der Waals surface area contributed by atoms with Crippen molar-refractivity contribution in [3.05, 3.63) is 43.9 Å². The third-order valence-corrected chi connectivity index (χ3v) is 4.63. The second-order valence-electron chi connectivity index (χ2n) is 5.35. The van der Waals surface area contributed by atoms with E-state index < -0.39 is 22.8 Å². The number of carbonyl (C=O) groups excluding carboxylic acids is 2. The van der Waals surface area contributed by atoms with Crippen molar-refractivity contribution in [2.75, 3.05) is 7.11 Å². The van der Waals surface area contributed by atoms with Gasteiger partial charge >= 0.3 is 11.7 Å². The molecule has 1 atom stereocenters. The minimum atomic E-state index is -0.521. The number of nitrogens with zero attached hydrogens (tertiary/aromatic N) is 3. The molecule has 0 aliphatic heterocycles. The first kappa shape index (κ1) is 18.6. The second-order valence-corrected chi connectivity index (χ2v) is 6.33. The lowest BCUT2D eigenvalue weighted by atomic mass is 10.1. The molecule has 9 nitrogen and oxygen atoms in total. The first-order chi connectivity index (χ1) is 11.8. The minimum Gasteiger partial charge on any atom is -0.469 e. The summed E-state index contributed by atoms with van der Waals surface area (Å²) >= 11 is 1.41. The number of rotatable bonds is 7. The van der Waals surface area contributed by atoms with Crippen LogP contribution >= 0.6 is 11.3 Å². The highest BCUT2D eigenvalue weighted by Crippen LogP contribution is 2.24. The van der Waals surface area contributed by atoms with Gasteiger partial charge in [-0.15, -0.1) is 11.3 Å². The third-order valence-electron chi connectivity index (χ3n) is 3.64. The molecular formula is C15H18N4O5S. The number of aromatic nitrogens is 2. The number of hydrogen-bond acceptors (Lipinski definition) is 7. The zero-order chi connectivity index (χ0) is 18.6. The van der Waals surface area contributed by atoms with Crippen LogP contribution in [-0.2, 0) is 20.9 Å². The van der Waals surface area contributed by atoms with Gasteiger partial charge in [0.2, 0.25) is 5.91 Å². The maximum absolute atomic E-state index is 12.3. The molecule has 0 aliphatic rings. The summed E-state index contributed by atoms with van der Waals surface area (Å²) in [6.45, 7) is 2.88. The van der Waals surface area contributed by atoms with E-state index in [1.807, 2.05) is 17.5 Å². The molecule has 1 unspecified atom stereocenters. The number of carbonyl (C=O) groups is 2. The van der Waals surface area contributed by atoms with Crippen molar-refractivity contribution >= 4 is 28.9 Å². The Morgan fingerprint density at radius 1 is 1.48 bits per heavy atom. The van der Waals surface area contributed by atoms with E-state index in [0.29, 0.717) is 5.69 Å². The number of hydrogen-bond donors (Lipinski definition) is 1. The van der Waals surface area contributed by atoms with Crippen molar-refractivity contribution in [2.24, 2.45) is 0 Å². The van der Waals surface area contributed by atoms with Gasteiger partial charge in [0.05, 0.1) is 24.5 Å². The molecular weight excluding hydrogens is 348 g/mol. The van der Waals surface area contributed by atoms with E-state index in [9.17, 15) is 19.7 Å². The van der Waals surface area contributed by atoms with Gasteiger partial charge in [-0.05, 0) is 25.3 Å². The highest BCUT2D eigenvalue weighted by Gasteiger charge is 2.24. The molecule has 0 aliphatic carbocycles. The van der Waals surface area contributed by atoms with Gasteiger partial charge in [0.25, 0.3) is 0 Å². The predicted molar refractivity (Wildman–Crippen MR) is 90.2 cm³/mol. The molecule has 25 heavy (non-hydrogen) atoms. The van der Waals surface area contributed by atoms with Gasteiger partial charge in [-0.25, -0.2) is 0 Å². The van der Waals surface area contributed by atoms with E-state index in [2.05, 4.69) is 15.2 Å². The van der Waals surface area contributed by atoms with Crippen molar-refractivity contribution in [2.45, 2.75) is 32.9 Å². The molecule has 1 N–H and O–H groups in total. The van der Waals surface area contributed by atoms with E-state index in [1.165, 1.54) is 37.0 Å². The number of esters is 1. The Morgan fingerprint density at radius 2 is 2.20 bits per heavy atom. The Kier molecular flexibility index (Phi) is 5.86. The van der Waals surface area contributed by atoms with Crippen molar-refractivity contribution < 1.29 is 19.2 Å². The second kappa shape index (κ2) is 7.88. The van der Waals surface area contributed by atoms with Crippen LogP contribution in [0.2, 0.25) is 0 Å². The maximum atomic E-state index is 12.3. The molecule has 2 aromatic heterocycles. The van der Waals surface area contributed by atoms with Crippen molar-refractivity contribution in [3.63, 3.8) is 0 Å². The molecule has 2 aromatic rings. The van der Waals surface area contributed by atoms with Crippen molar-refractivity contribution in [1.82, 2.24) is 15.1 Å². The topological polar surface area (TPSA) is 116 Å². The lowest BCUT2D eigenvalue weighted by Gasteiger charge is -2.16. The van der Waals surface area contributed by atoms with Crippen LogP contribution in [0.5, 0.6) is 0 Å². The smallest absolute Gasteiger partial charge is 0.312 e.